The molecule has 0 fully saturated rings. The lowest BCUT2D eigenvalue weighted by Gasteiger charge is -2.18. The third kappa shape index (κ3) is 2.75. The first kappa shape index (κ1) is 11.0. The Hall–Kier alpha value is -1.51. The first-order valence-electron chi connectivity index (χ1n) is 5.96. The Balaban J connectivity index is 2.03. The van der Waals surface area contributed by atoms with Crippen LogP contribution in [0.4, 0.5) is 0 Å². The van der Waals surface area contributed by atoms with Gasteiger partial charge in [-0.15, -0.1) is 0 Å². The number of rotatable bonds is 4. The second kappa shape index (κ2) is 5.54. The first-order chi connectivity index (χ1) is 7.90. The van der Waals surface area contributed by atoms with Crippen molar-refractivity contribution in [1.82, 2.24) is 10.2 Å². The molecule has 1 aliphatic rings. The minimum absolute atomic E-state index is 0.460. The van der Waals surface area contributed by atoms with E-state index >= 15 is 0 Å². The van der Waals surface area contributed by atoms with E-state index in [0.29, 0.717) is 6.85 Å². The van der Waals surface area contributed by atoms with Crippen LogP contribution in [0.25, 0.3) is 5.70 Å². The van der Waals surface area contributed by atoms with Crippen molar-refractivity contribution in [2.75, 3.05) is 0 Å². The highest BCUT2D eigenvalue weighted by Gasteiger charge is 2.15. The minimum atomic E-state index is 0.460. The Kier molecular flexibility index (Phi) is 3.81. The zero-order chi connectivity index (χ0) is 11.2. The lowest BCUT2D eigenvalue weighted by atomic mass is 9.57. The van der Waals surface area contributed by atoms with E-state index < -0.39 is 0 Å². The molecule has 0 saturated heterocycles. The maximum atomic E-state index is 4.35. The number of allylic oxidation sites excluding steroid dienone is 2. The summed E-state index contributed by atoms with van der Waals surface area (Å²) in [5.74, 6) is 2.22. The third-order valence-corrected chi connectivity index (χ3v) is 2.76. The van der Waals surface area contributed by atoms with E-state index in [0.717, 1.165) is 11.4 Å². The second-order valence-corrected chi connectivity index (χ2v) is 4.07. The molecular weight excluding hydrogens is 195 g/mol. The molecule has 3 heteroatoms. The standard InChI is InChI=1S/C13H17BN2/c1-2-3-9-14-10-6-8-13(16-14)12-7-4-5-11-15-12/h4-8,10-11,16H,2-3,9H2,1H3. The molecule has 2 heterocycles. The SMILES string of the molecule is CCCCB1C=CC=C(c2ccccn2)N1. The summed E-state index contributed by atoms with van der Waals surface area (Å²) in [6.07, 6.45) is 9.74. The van der Waals surface area contributed by atoms with E-state index in [1.54, 1.807) is 0 Å². The molecule has 82 valence electrons. The van der Waals surface area contributed by atoms with E-state index in [2.05, 4.69) is 35.3 Å². The molecule has 1 aromatic rings. The van der Waals surface area contributed by atoms with Crippen LogP contribution in [0.2, 0.25) is 6.32 Å². The van der Waals surface area contributed by atoms with Crippen molar-refractivity contribution in [2.24, 2.45) is 0 Å². The average molecular weight is 212 g/mol. The van der Waals surface area contributed by atoms with E-state index in [4.69, 9.17) is 0 Å². The van der Waals surface area contributed by atoms with Gasteiger partial charge in [0, 0.05) is 11.9 Å². The predicted octanol–water partition coefficient (Wildman–Crippen LogP) is 2.91. The van der Waals surface area contributed by atoms with E-state index in [9.17, 15) is 0 Å². The highest BCUT2D eigenvalue weighted by Crippen LogP contribution is 2.14. The number of pyridine rings is 1. The number of hydrogen-bond donors (Lipinski definition) is 1. The largest absolute Gasteiger partial charge is 0.423 e. The summed E-state index contributed by atoms with van der Waals surface area (Å²) in [4.78, 5) is 4.35. The van der Waals surface area contributed by atoms with Gasteiger partial charge in [0.1, 0.15) is 0 Å². The lowest BCUT2D eigenvalue weighted by molar-refractivity contribution is 0.870. The van der Waals surface area contributed by atoms with E-state index in [1.807, 2.05) is 24.4 Å². The van der Waals surface area contributed by atoms with Gasteiger partial charge in [-0.2, -0.15) is 0 Å². The van der Waals surface area contributed by atoms with Crippen LogP contribution in [-0.2, 0) is 0 Å². The van der Waals surface area contributed by atoms with Gasteiger partial charge in [0.05, 0.1) is 5.69 Å². The molecule has 2 rings (SSSR count). The summed E-state index contributed by atoms with van der Waals surface area (Å²) in [5, 5.41) is 3.52. The van der Waals surface area contributed by atoms with Gasteiger partial charge in [-0.05, 0) is 24.5 Å². The summed E-state index contributed by atoms with van der Waals surface area (Å²) in [7, 11) is 0. The van der Waals surface area contributed by atoms with E-state index in [-0.39, 0.29) is 0 Å². The monoisotopic (exact) mass is 212 g/mol. The van der Waals surface area contributed by atoms with Gasteiger partial charge in [0.25, 0.3) is 6.85 Å². The average Bonchev–Trinajstić information content (AvgIpc) is 2.38. The molecule has 0 aromatic carbocycles. The van der Waals surface area contributed by atoms with Crippen LogP contribution in [0.1, 0.15) is 25.5 Å². The number of nitrogens with zero attached hydrogens (tertiary/aromatic N) is 1. The van der Waals surface area contributed by atoms with Crippen molar-refractivity contribution < 1.29 is 0 Å². The fraction of sp³-hybridized carbons (Fsp3) is 0.308. The van der Waals surface area contributed by atoms with Crippen molar-refractivity contribution in [3.63, 3.8) is 0 Å². The number of nitrogens with one attached hydrogen (secondary N) is 1. The predicted molar refractivity (Wildman–Crippen MR) is 70.0 cm³/mol. The molecule has 0 saturated carbocycles. The van der Waals surface area contributed by atoms with Crippen LogP contribution in [0.15, 0.2) is 42.5 Å². The zero-order valence-corrected chi connectivity index (χ0v) is 9.69. The molecule has 0 amide bonds. The topological polar surface area (TPSA) is 24.9 Å². The van der Waals surface area contributed by atoms with Gasteiger partial charge in [0.2, 0.25) is 0 Å². The highest BCUT2D eigenvalue weighted by molar-refractivity contribution is 6.63. The molecule has 1 aliphatic heterocycles. The zero-order valence-electron chi connectivity index (χ0n) is 9.69. The van der Waals surface area contributed by atoms with Crippen molar-refractivity contribution >= 4 is 12.5 Å². The van der Waals surface area contributed by atoms with Gasteiger partial charge in [-0.25, -0.2) is 0 Å². The van der Waals surface area contributed by atoms with Gasteiger partial charge in [0.15, 0.2) is 0 Å². The molecule has 0 unspecified atom stereocenters. The number of hydrogen-bond acceptors (Lipinski definition) is 2. The van der Waals surface area contributed by atoms with Crippen LogP contribution in [0, 0.1) is 0 Å². The van der Waals surface area contributed by atoms with Crippen LogP contribution >= 0.6 is 0 Å². The fourth-order valence-electron chi connectivity index (χ4n) is 1.86. The third-order valence-electron chi connectivity index (χ3n) is 2.76. The normalized spacial score (nSPS) is 14.6. The lowest BCUT2D eigenvalue weighted by Crippen LogP contribution is -2.32. The van der Waals surface area contributed by atoms with Crippen molar-refractivity contribution in [1.29, 1.82) is 0 Å². The maximum absolute atomic E-state index is 4.35. The first-order valence-corrected chi connectivity index (χ1v) is 5.96. The van der Waals surface area contributed by atoms with Gasteiger partial charge in [-0.1, -0.05) is 37.9 Å². The summed E-state index contributed by atoms with van der Waals surface area (Å²) < 4.78 is 0. The van der Waals surface area contributed by atoms with Gasteiger partial charge in [-0.3, -0.25) is 4.98 Å². The Morgan fingerprint density at radius 2 is 2.31 bits per heavy atom. The number of aromatic nitrogens is 1. The molecule has 0 aliphatic carbocycles. The molecule has 0 spiro atoms. The van der Waals surface area contributed by atoms with Crippen molar-refractivity contribution in [3.05, 3.63) is 48.2 Å². The summed E-state index contributed by atoms with van der Waals surface area (Å²) in [6, 6.07) is 6.00. The summed E-state index contributed by atoms with van der Waals surface area (Å²) in [5.41, 5.74) is 2.15. The Labute approximate surface area is 97.6 Å². The fourth-order valence-corrected chi connectivity index (χ4v) is 1.86. The smallest absolute Gasteiger partial charge is 0.278 e. The highest BCUT2D eigenvalue weighted by atomic mass is 14.9. The van der Waals surface area contributed by atoms with Crippen LogP contribution in [-0.4, -0.2) is 11.8 Å². The van der Waals surface area contributed by atoms with Gasteiger partial charge >= 0.3 is 0 Å². The van der Waals surface area contributed by atoms with E-state index in [1.165, 1.54) is 19.2 Å². The molecule has 1 N–H and O–H groups in total. The molecule has 1 aromatic heterocycles. The van der Waals surface area contributed by atoms with Crippen LogP contribution in [0.5, 0.6) is 0 Å². The molecule has 0 bridgehead atoms. The molecular formula is C13H17BN2. The number of unbranched alkanes of at least 4 members (excludes halogenated alkanes) is 1. The minimum Gasteiger partial charge on any atom is -0.423 e. The maximum Gasteiger partial charge on any atom is 0.278 e. The van der Waals surface area contributed by atoms with Crippen LogP contribution < -0.4 is 5.23 Å². The Morgan fingerprint density at radius 1 is 1.38 bits per heavy atom. The van der Waals surface area contributed by atoms with Crippen molar-refractivity contribution in [2.45, 2.75) is 26.1 Å². The molecule has 0 radical (unpaired) electrons. The molecule has 2 nitrogen and oxygen atoms in total. The summed E-state index contributed by atoms with van der Waals surface area (Å²) in [6.45, 7) is 2.68. The van der Waals surface area contributed by atoms with Crippen molar-refractivity contribution in [3.8, 4) is 0 Å². The van der Waals surface area contributed by atoms with Crippen LogP contribution in [0.3, 0.4) is 0 Å². The molecule has 16 heavy (non-hydrogen) atoms. The quantitative estimate of drug-likeness (QED) is 0.776. The Bertz CT molecular complexity index is 384. The second-order valence-electron chi connectivity index (χ2n) is 4.07. The van der Waals surface area contributed by atoms with Gasteiger partial charge < -0.3 is 5.23 Å². The molecule has 0 atom stereocenters. The summed E-state index contributed by atoms with van der Waals surface area (Å²) >= 11 is 0. The Morgan fingerprint density at radius 3 is 3.06 bits per heavy atom.